The maximum absolute atomic E-state index is 12.2. The van der Waals surface area contributed by atoms with Crippen LogP contribution in [-0.2, 0) is 16.0 Å². The van der Waals surface area contributed by atoms with E-state index in [1.54, 1.807) is 30.3 Å². The molecule has 0 spiro atoms. The number of carboxylic acids is 1. The molecule has 0 aromatic heterocycles. The molecule has 1 atom stereocenters. The van der Waals surface area contributed by atoms with Crippen LogP contribution in [0.3, 0.4) is 0 Å². The quantitative estimate of drug-likeness (QED) is 0.753. The molecule has 1 unspecified atom stereocenters. The summed E-state index contributed by atoms with van der Waals surface area (Å²) in [7, 11) is 0. The zero-order valence-electron chi connectivity index (χ0n) is 14.1. The van der Waals surface area contributed by atoms with E-state index in [0.717, 1.165) is 5.56 Å². The van der Waals surface area contributed by atoms with Gasteiger partial charge in [-0.15, -0.1) is 0 Å². The van der Waals surface area contributed by atoms with E-state index in [2.05, 4.69) is 10.6 Å². The molecule has 0 bridgehead atoms. The molecule has 0 aliphatic heterocycles. The van der Waals surface area contributed by atoms with E-state index in [4.69, 9.17) is 5.11 Å². The number of amides is 2. The Balaban J connectivity index is 2.01. The minimum Gasteiger partial charge on any atom is -0.478 e. The third-order valence-corrected chi connectivity index (χ3v) is 3.62. The molecule has 6 nitrogen and oxygen atoms in total. The lowest BCUT2D eigenvalue weighted by molar-refractivity contribution is -0.121. The summed E-state index contributed by atoms with van der Waals surface area (Å²) in [6.07, 6.45) is 0.0941. The molecule has 0 fully saturated rings. The Kier molecular flexibility index (Phi) is 5.89. The first-order chi connectivity index (χ1) is 11.8. The highest BCUT2D eigenvalue weighted by Gasteiger charge is 2.12. The van der Waals surface area contributed by atoms with Crippen LogP contribution < -0.4 is 10.6 Å². The molecule has 0 saturated heterocycles. The zero-order chi connectivity index (χ0) is 18.4. The Morgan fingerprint density at radius 2 is 1.80 bits per heavy atom. The predicted molar refractivity (Wildman–Crippen MR) is 94.4 cm³/mol. The third kappa shape index (κ3) is 5.46. The molecule has 130 valence electrons. The summed E-state index contributed by atoms with van der Waals surface area (Å²) in [5.74, 6) is -1.39. The molecular formula is C19H20N2O4. The third-order valence-electron chi connectivity index (χ3n) is 3.62. The Hall–Kier alpha value is -3.15. The monoisotopic (exact) mass is 340 g/mol. The van der Waals surface area contributed by atoms with E-state index in [-0.39, 0.29) is 29.8 Å². The molecule has 2 rings (SSSR count). The van der Waals surface area contributed by atoms with Crippen LogP contribution in [0.4, 0.5) is 5.69 Å². The summed E-state index contributed by atoms with van der Waals surface area (Å²) in [4.78, 5) is 34.3. The van der Waals surface area contributed by atoms with Crippen molar-refractivity contribution in [3.8, 4) is 0 Å². The van der Waals surface area contributed by atoms with Gasteiger partial charge in [0, 0.05) is 12.6 Å². The van der Waals surface area contributed by atoms with Crippen LogP contribution in [0.5, 0.6) is 0 Å². The van der Waals surface area contributed by atoms with Crippen molar-refractivity contribution in [1.29, 1.82) is 0 Å². The van der Waals surface area contributed by atoms with E-state index in [1.807, 2.05) is 13.0 Å². The highest BCUT2D eigenvalue weighted by Crippen LogP contribution is 2.17. The molecule has 0 heterocycles. The topological polar surface area (TPSA) is 95.5 Å². The maximum Gasteiger partial charge on any atom is 0.335 e. The number of nitrogens with one attached hydrogen (secondary N) is 2. The largest absolute Gasteiger partial charge is 0.478 e. The van der Waals surface area contributed by atoms with Crippen molar-refractivity contribution in [2.75, 3.05) is 5.32 Å². The molecule has 2 aromatic rings. The molecule has 2 aromatic carbocycles. The first-order valence-corrected chi connectivity index (χ1v) is 7.84. The first kappa shape index (κ1) is 18.2. The lowest BCUT2D eigenvalue weighted by atomic mass is 10.1. The van der Waals surface area contributed by atoms with Gasteiger partial charge in [0.25, 0.3) is 0 Å². The number of benzene rings is 2. The number of rotatable bonds is 6. The molecule has 25 heavy (non-hydrogen) atoms. The van der Waals surface area contributed by atoms with Gasteiger partial charge in [-0.05, 0) is 42.3 Å². The summed E-state index contributed by atoms with van der Waals surface area (Å²) in [5.41, 5.74) is 2.32. The number of hydrogen-bond acceptors (Lipinski definition) is 3. The Labute approximate surface area is 145 Å². The first-order valence-electron chi connectivity index (χ1n) is 7.84. The minimum atomic E-state index is -1.02. The van der Waals surface area contributed by atoms with Crippen LogP contribution in [0.25, 0.3) is 0 Å². The zero-order valence-corrected chi connectivity index (χ0v) is 14.1. The van der Waals surface area contributed by atoms with Gasteiger partial charge < -0.3 is 15.7 Å². The normalized spacial score (nSPS) is 11.4. The number of anilines is 1. The average Bonchev–Trinajstić information content (AvgIpc) is 2.54. The summed E-state index contributed by atoms with van der Waals surface area (Å²) in [5, 5.41) is 14.6. The van der Waals surface area contributed by atoms with E-state index < -0.39 is 5.97 Å². The Morgan fingerprint density at radius 1 is 1.08 bits per heavy atom. The van der Waals surface area contributed by atoms with Crippen molar-refractivity contribution >= 4 is 23.5 Å². The summed E-state index contributed by atoms with van der Waals surface area (Å²) in [6.45, 7) is 3.28. The number of carboxylic acid groups (broad SMARTS) is 1. The van der Waals surface area contributed by atoms with Crippen molar-refractivity contribution in [1.82, 2.24) is 5.32 Å². The van der Waals surface area contributed by atoms with Crippen LogP contribution >= 0.6 is 0 Å². The van der Waals surface area contributed by atoms with E-state index >= 15 is 0 Å². The minimum absolute atomic E-state index is 0.0941. The van der Waals surface area contributed by atoms with Crippen molar-refractivity contribution in [2.45, 2.75) is 26.3 Å². The van der Waals surface area contributed by atoms with Gasteiger partial charge in [0.05, 0.1) is 18.0 Å². The van der Waals surface area contributed by atoms with Gasteiger partial charge in [-0.2, -0.15) is 0 Å². The lowest BCUT2D eigenvalue weighted by Gasteiger charge is -2.15. The van der Waals surface area contributed by atoms with Gasteiger partial charge in [0.1, 0.15) is 0 Å². The molecule has 3 N–H and O–H groups in total. The fourth-order valence-electron chi connectivity index (χ4n) is 2.46. The number of carbonyl (C=O) groups is 3. The molecule has 0 aliphatic rings. The Bertz CT molecular complexity index is 802. The smallest absolute Gasteiger partial charge is 0.335 e. The Morgan fingerprint density at radius 3 is 2.48 bits per heavy atom. The van der Waals surface area contributed by atoms with Crippen LogP contribution in [-0.4, -0.2) is 22.9 Å². The summed E-state index contributed by atoms with van der Waals surface area (Å²) < 4.78 is 0. The molecule has 0 aliphatic carbocycles. The van der Waals surface area contributed by atoms with E-state index in [0.29, 0.717) is 11.3 Å². The van der Waals surface area contributed by atoms with E-state index in [9.17, 15) is 14.4 Å². The summed E-state index contributed by atoms with van der Waals surface area (Å²) >= 11 is 0. The van der Waals surface area contributed by atoms with Gasteiger partial charge in [-0.3, -0.25) is 9.59 Å². The van der Waals surface area contributed by atoms with Gasteiger partial charge in [0.2, 0.25) is 11.8 Å². The second kappa shape index (κ2) is 8.10. The fourth-order valence-corrected chi connectivity index (χ4v) is 2.46. The fraction of sp³-hybridized carbons (Fsp3) is 0.211. The number of hydrogen-bond donors (Lipinski definition) is 3. The highest BCUT2D eigenvalue weighted by molar-refractivity contribution is 5.89. The molecular weight excluding hydrogens is 320 g/mol. The van der Waals surface area contributed by atoms with E-state index in [1.165, 1.54) is 19.1 Å². The van der Waals surface area contributed by atoms with Crippen molar-refractivity contribution in [3.05, 3.63) is 65.2 Å². The number of aromatic carboxylic acids is 1. The van der Waals surface area contributed by atoms with Gasteiger partial charge in [0.15, 0.2) is 0 Å². The van der Waals surface area contributed by atoms with Crippen molar-refractivity contribution < 1.29 is 19.5 Å². The average molecular weight is 340 g/mol. The molecule has 2 amide bonds. The van der Waals surface area contributed by atoms with Gasteiger partial charge >= 0.3 is 5.97 Å². The standard InChI is InChI=1S/C19H20N2O4/c1-12(15-6-4-8-17(11-15)21-13(2)22)20-18(23)10-14-5-3-7-16(9-14)19(24)25/h3-9,11-12H,10H2,1-2H3,(H,20,23)(H,21,22)(H,24,25). The second-order valence-electron chi connectivity index (χ2n) is 5.78. The van der Waals surface area contributed by atoms with Crippen LogP contribution in [0, 0.1) is 0 Å². The molecule has 6 heteroatoms. The maximum atomic E-state index is 12.2. The SMILES string of the molecule is CC(=O)Nc1cccc(C(C)NC(=O)Cc2cccc(C(=O)O)c2)c1. The highest BCUT2D eigenvalue weighted by atomic mass is 16.4. The second-order valence-corrected chi connectivity index (χ2v) is 5.78. The van der Waals surface area contributed by atoms with Crippen LogP contribution in [0.2, 0.25) is 0 Å². The summed E-state index contributed by atoms with van der Waals surface area (Å²) in [6, 6.07) is 13.3. The van der Waals surface area contributed by atoms with Crippen molar-refractivity contribution in [2.24, 2.45) is 0 Å². The van der Waals surface area contributed by atoms with Crippen LogP contribution in [0.1, 0.15) is 41.4 Å². The lowest BCUT2D eigenvalue weighted by Crippen LogP contribution is -2.28. The number of carbonyl (C=O) groups excluding carboxylic acids is 2. The van der Waals surface area contributed by atoms with Gasteiger partial charge in [-0.1, -0.05) is 24.3 Å². The predicted octanol–water partition coefficient (Wildman–Crippen LogP) is 2.76. The van der Waals surface area contributed by atoms with Gasteiger partial charge in [-0.25, -0.2) is 4.79 Å². The molecule has 0 radical (unpaired) electrons. The van der Waals surface area contributed by atoms with Crippen molar-refractivity contribution in [3.63, 3.8) is 0 Å². The van der Waals surface area contributed by atoms with Crippen LogP contribution in [0.15, 0.2) is 48.5 Å². The molecule has 0 saturated carbocycles.